The molecule has 0 fully saturated rings. The molecule has 0 amide bonds. The van der Waals surface area contributed by atoms with E-state index >= 15 is 0 Å². The molecule has 0 aliphatic heterocycles. The highest BCUT2D eigenvalue weighted by molar-refractivity contribution is 5.50. The lowest BCUT2D eigenvalue weighted by Gasteiger charge is -2.37. The van der Waals surface area contributed by atoms with Crippen molar-refractivity contribution in [2.24, 2.45) is 0 Å². The average Bonchev–Trinajstić information content (AvgIpc) is 3.13. The molecule has 0 unspecified atom stereocenters. The summed E-state index contributed by atoms with van der Waals surface area (Å²) in [5.74, 6) is 0. The highest BCUT2D eigenvalue weighted by atomic mass is 15.0. The third-order valence-corrected chi connectivity index (χ3v) is 8.87. The molecule has 45 heavy (non-hydrogen) atoms. The van der Waals surface area contributed by atoms with Crippen LogP contribution in [0.4, 0.5) is 0 Å². The third kappa shape index (κ3) is 6.54. The number of rotatable bonds is 14. The van der Waals surface area contributed by atoms with Gasteiger partial charge in [-0.15, -0.1) is 0 Å². The van der Waals surface area contributed by atoms with Crippen LogP contribution < -0.4 is 10.6 Å². The highest BCUT2D eigenvalue weighted by Crippen LogP contribution is 2.38. The lowest BCUT2D eigenvalue weighted by atomic mass is 9.77. The summed E-state index contributed by atoms with van der Waals surface area (Å²) in [7, 11) is 0. The third-order valence-electron chi connectivity index (χ3n) is 8.87. The van der Waals surface area contributed by atoms with Crippen LogP contribution in [0.25, 0.3) is 0 Å². The molecule has 0 bridgehead atoms. The number of benzene rings is 6. The van der Waals surface area contributed by atoms with Gasteiger partial charge >= 0.3 is 0 Å². The number of nitrogens with one attached hydrogen (secondary N) is 2. The Balaban J connectivity index is 1.19. The van der Waals surface area contributed by atoms with Crippen LogP contribution in [0, 0.1) is 0 Å². The predicted molar refractivity (Wildman–Crippen MR) is 188 cm³/mol. The molecule has 0 heterocycles. The molecule has 6 aromatic rings. The molecule has 0 atom stereocenters. The molecule has 0 aromatic heterocycles. The Morgan fingerprint density at radius 3 is 0.667 bits per heavy atom. The first-order valence-electron chi connectivity index (χ1n) is 16.2. The molecule has 6 rings (SSSR count). The van der Waals surface area contributed by atoms with Gasteiger partial charge in [0.2, 0.25) is 0 Å². The van der Waals surface area contributed by atoms with Gasteiger partial charge in [-0.2, -0.15) is 0 Å². The Hall–Kier alpha value is -4.76. The van der Waals surface area contributed by atoms with Gasteiger partial charge in [-0.25, -0.2) is 0 Å². The normalized spacial score (nSPS) is 11.7. The first kappa shape index (κ1) is 30.3. The van der Waals surface area contributed by atoms with Crippen LogP contribution in [-0.4, -0.2) is 13.1 Å². The van der Waals surface area contributed by atoms with Gasteiger partial charge < -0.3 is 0 Å². The Morgan fingerprint density at radius 2 is 0.467 bits per heavy atom. The standard InChI is InChI=1S/C43H42N2/c1-8-22-36(23-9-1)42(37-24-10-2-11-25-37,38-26-12-3-13-27-38)44-34-20-7-21-35-45-43(39-28-14-4-15-29-39,40-30-16-5-17-31-40)41-32-18-6-19-33-41/h1-6,8-19,22-33,44-45H,7,20-21,34-35H2. The molecule has 2 nitrogen and oxygen atoms in total. The largest absolute Gasteiger partial charge is 0.300 e. The van der Waals surface area contributed by atoms with Gasteiger partial charge in [-0.1, -0.05) is 188 Å². The topological polar surface area (TPSA) is 24.1 Å². The summed E-state index contributed by atoms with van der Waals surface area (Å²) in [5.41, 5.74) is 6.66. The SMILES string of the molecule is c1ccc(C(NCCCCCNC(c2ccccc2)(c2ccccc2)c2ccccc2)(c2ccccc2)c2ccccc2)cc1. The summed E-state index contributed by atoms with van der Waals surface area (Å²) in [6.07, 6.45) is 3.26. The molecule has 0 saturated carbocycles. The van der Waals surface area contributed by atoms with E-state index in [9.17, 15) is 0 Å². The van der Waals surface area contributed by atoms with Crippen LogP contribution in [0.15, 0.2) is 182 Å². The molecule has 2 heteroatoms. The van der Waals surface area contributed by atoms with Crippen molar-refractivity contribution in [2.45, 2.75) is 30.3 Å². The maximum absolute atomic E-state index is 4.05. The lowest BCUT2D eigenvalue weighted by Crippen LogP contribution is -2.45. The van der Waals surface area contributed by atoms with Gasteiger partial charge in [0.05, 0.1) is 11.1 Å². The van der Waals surface area contributed by atoms with Crippen LogP contribution in [0.2, 0.25) is 0 Å². The van der Waals surface area contributed by atoms with E-state index in [0.29, 0.717) is 0 Å². The Morgan fingerprint density at radius 1 is 0.267 bits per heavy atom. The van der Waals surface area contributed by atoms with E-state index in [1.165, 1.54) is 33.4 Å². The second-order valence-corrected chi connectivity index (χ2v) is 11.6. The number of unbranched alkanes of at least 4 members (excludes halogenated alkanes) is 2. The van der Waals surface area contributed by atoms with Gasteiger partial charge in [0, 0.05) is 0 Å². The fourth-order valence-corrected chi connectivity index (χ4v) is 6.72. The minimum Gasteiger partial charge on any atom is -0.300 e. The van der Waals surface area contributed by atoms with Crippen molar-refractivity contribution in [1.82, 2.24) is 10.6 Å². The molecule has 0 aliphatic carbocycles. The van der Waals surface area contributed by atoms with E-state index < -0.39 is 11.1 Å². The van der Waals surface area contributed by atoms with Gasteiger partial charge in [0.25, 0.3) is 0 Å². The zero-order valence-electron chi connectivity index (χ0n) is 25.9. The van der Waals surface area contributed by atoms with Crippen molar-refractivity contribution in [2.75, 3.05) is 13.1 Å². The zero-order valence-corrected chi connectivity index (χ0v) is 25.9. The molecule has 0 radical (unpaired) electrons. The molecule has 6 aromatic carbocycles. The lowest BCUT2D eigenvalue weighted by molar-refractivity contribution is 0.437. The Kier molecular flexibility index (Phi) is 9.97. The summed E-state index contributed by atoms with van der Waals surface area (Å²) in [6.45, 7) is 1.81. The number of hydrogen-bond acceptors (Lipinski definition) is 2. The van der Waals surface area contributed by atoms with Crippen molar-refractivity contribution in [1.29, 1.82) is 0 Å². The maximum atomic E-state index is 4.05. The minimum absolute atomic E-state index is 0.425. The van der Waals surface area contributed by atoms with Crippen LogP contribution >= 0.6 is 0 Å². The monoisotopic (exact) mass is 586 g/mol. The summed E-state index contributed by atoms with van der Waals surface area (Å²) >= 11 is 0. The summed E-state index contributed by atoms with van der Waals surface area (Å²) in [4.78, 5) is 0. The van der Waals surface area contributed by atoms with E-state index in [-0.39, 0.29) is 0 Å². The fourth-order valence-electron chi connectivity index (χ4n) is 6.72. The first-order chi connectivity index (χ1) is 22.3. The molecular weight excluding hydrogens is 544 g/mol. The van der Waals surface area contributed by atoms with E-state index in [4.69, 9.17) is 0 Å². The fraction of sp³-hybridized carbons (Fsp3) is 0.163. The quantitative estimate of drug-likeness (QED) is 0.0982. The smallest absolute Gasteiger partial charge is 0.0947 e. The van der Waals surface area contributed by atoms with Gasteiger partial charge in [0.15, 0.2) is 0 Å². The van der Waals surface area contributed by atoms with Crippen molar-refractivity contribution < 1.29 is 0 Å². The summed E-state index contributed by atoms with van der Waals surface area (Å²) in [5, 5.41) is 8.09. The van der Waals surface area contributed by atoms with E-state index in [1.54, 1.807) is 0 Å². The highest BCUT2D eigenvalue weighted by Gasteiger charge is 2.36. The first-order valence-corrected chi connectivity index (χ1v) is 16.2. The average molecular weight is 587 g/mol. The van der Waals surface area contributed by atoms with Crippen molar-refractivity contribution in [3.8, 4) is 0 Å². The van der Waals surface area contributed by atoms with Crippen molar-refractivity contribution in [3.05, 3.63) is 215 Å². The Labute approximate surface area is 268 Å². The predicted octanol–water partition coefficient (Wildman–Crippen LogP) is 9.32. The summed E-state index contributed by atoms with van der Waals surface area (Å²) < 4.78 is 0. The van der Waals surface area contributed by atoms with Gasteiger partial charge in [-0.3, -0.25) is 10.6 Å². The van der Waals surface area contributed by atoms with Crippen molar-refractivity contribution in [3.63, 3.8) is 0 Å². The molecule has 0 spiro atoms. The second-order valence-electron chi connectivity index (χ2n) is 11.6. The molecule has 0 saturated heterocycles. The van der Waals surface area contributed by atoms with Crippen LogP contribution in [0.5, 0.6) is 0 Å². The van der Waals surface area contributed by atoms with Gasteiger partial charge in [0.1, 0.15) is 0 Å². The molecule has 2 N–H and O–H groups in total. The maximum Gasteiger partial charge on any atom is 0.0947 e. The summed E-state index contributed by atoms with van der Waals surface area (Å²) in [6, 6.07) is 65.2. The molecular formula is C43H42N2. The molecule has 0 aliphatic rings. The van der Waals surface area contributed by atoms with Crippen LogP contribution in [0.1, 0.15) is 52.6 Å². The Bertz CT molecular complexity index is 1360. The number of hydrogen-bond donors (Lipinski definition) is 2. The van der Waals surface area contributed by atoms with Crippen LogP contribution in [0.3, 0.4) is 0 Å². The van der Waals surface area contributed by atoms with Crippen molar-refractivity contribution >= 4 is 0 Å². The second kappa shape index (κ2) is 14.8. The zero-order chi connectivity index (χ0) is 30.6. The van der Waals surface area contributed by atoms with E-state index in [2.05, 4.69) is 193 Å². The van der Waals surface area contributed by atoms with E-state index in [0.717, 1.165) is 32.4 Å². The van der Waals surface area contributed by atoms with E-state index in [1.807, 2.05) is 0 Å². The van der Waals surface area contributed by atoms with Crippen LogP contribution in [-0.2, 0) is 11.1 Å². The molecule has 224 valence electrons. The minimum atomic E-state index is -0.425. The van der Waals surface area contributed by atoms with Gasteiger partial charge in [-0.05, 0) is 59.3 Å².